The molecular formula is C82H86BBrClF3I7N2O2S-. The number of benzene rings is 11. The van der Waals surface area contributed by atoms with Gasteiger partial charge in [0.2, 0.25) is 0 Å². The molecule has 11 aromatic rings. The minimum absolute atomic E-state index is 0. The minimum atomic E-state index is -1.38. The van der Waals surface area contributed by atoms with Crippen LogP contribution >= 0.6 is 162 Å². The number of nitrogens with two attached hydrogens (primary N) is 1. The zero-order valence-corrected chi connectivity index (χ0v) is 73.3. The van der Waals surface area contributed by atoms with Gasteiger partial charge in [0.25, 0.3) is 0 Å². The molecule has 0 unspecified atom stereocenters. The first-order valence-electron chi connectivity index (χ1n) is 30.7. The summed E-state index contributed by atoms with van der Waals surface area (Å²) < 4.78 is 42.2. The predicted molar refractivity (Wildman–Crippen MR) is 484 cm³/mol. The van der Waals surface area contributed by atoms with Gasteiger partial charge in [0.15, 0.2) is 0 Å². The number of aliphatic imine (C=N–C) groups is 1. The van der Waals surface area contributed by atoms with E-state index in [0.717, 1.165) is 81.7 Å². The summed E-state index contributed by atoms with van der Waals surface area (Å²) >= 11 is 19.6. The molecule has 0 saturated heterocycles. The molecule has 0 bridgehead atoms. The van der Waals surface area contributed by atoms with E-state index in [9.17, 15) is 13.2 Å². The van der Waals surface area contributed by atoms with E-state index < -0.39 is 12.9 Å². The molecule has 11 rings (SSSR count). The maximum atomic E-state index is 14.0. The molecule has 0 spiro atoms. The van der Waals surface area contributed by atoms with E-state index in [1.165, 1.54) is 85.0 Å². The van der Waals surface area contributed by atoms with Gasteiger partial charge in [-0.2, -0.15) is 4.99 Å². The molecule has 0 fully saturated rings. The van der Waals surface area contributed by atoms with E-state index in [1.807, 2.05) is 54.6 Å². The van der Waals surface area contributed by atoms with Gasteiger partial charge in [0.1, 0.15) is 23.1 Å². The number of nitrogens with zero attached hydrogens (tertiary/aromatic N) is 1. The van der Waals surface area contributed by atoms with Gasteiger partial charge in [-0.1, -0.05) is 253 Å². The van der Waals surface area contributed by atoms with Crippen molar-refractivity contribution >= 4 is 191 Å². The van der Waals surface area contributed by atoms with Crippen molar-refractivity contribution in [2.45, 2.75) is 101 Å². The second-order valence-electron chi connectivity index (χ2n) is 22.6. The molecule has 4 N–H and O–H groups in total. The first-order chi connectivity index (χ1) is 46.3. The van der Waals surface area contributed by atoms with Crippen molar-refractivity contribution in [3.63, 3.8) is 0 Å². The number of hydrogen-bond acceptors (Lipinski definition) is 5. The summed E-state index contributed by atoms with van der Waals surface area (Å²) in [6, 6.07) is 82.2. The molecule has 0 heterocycles. The number of rotatable bonds is 16. The summed E-state index contributed by atoms with van der Waals surface area (Å²) in [6.07, 6.45) is 8.21. The Morgan fingerprint density at radius 2 is 0.710 bits per heavy atom. The molecule has 0 atom stereocenters. The van der Waals surface area contributed by atoms with Crippen LogP contribution in [0.3, 0.4) is 0 Å². The van der Waals surface area contributed by atoms with Crippen molar-refractivity contribution in [3.8, 4) is 22.3 Å². The second kappa shape index (κ2) is 53.4. The maximum absolute atomic E-state index is 14.0. The molecule has 0 aliphatic heterocycles. The van der Waals surface area contributed by atoms with Gasteiger partial charge in [0, 0.05) is 45.3 Å². The Hall–Kier alpha value is -3.33. The van der Waals surface area contributed by atoms with E-state index in [0.29, 0.717) is 24.3 Å². The van der Waals surface area contributed by atoms with Crippen LogP contribution in [0.2, 0.25) is 0 Å². The van der Waals surface area contributed by atoms with Crippen molar-refractivity contribution in [3.05, 3.63) is 347 Å². The average Bonchev–Trinajstić information content (AvgIpc) is 0.908. The third-order valence-corrected chi connectivity index (χ3v) is 16.6. The third-order valence-electron chi connectivity index (χ3n) is 15.3. The summed E-state index contributed by atoms with van der Waals surface area (Å²) in [5.74, 6) is -0.883. The van der Waals surface area contributed by atoms with Crippen molar-refractivity contribution in [2.75, 3.05) is 5.73 Å². The van der Waals surface area contributed by atoms with Crippen molar-refractivity contribution < 1.29 is 36.5 Å². The number of thiocarbonyl (C=S) groups is 1. The first-order valence-corrected chi connectivity index (χ1v) is 51.9. The SMILES string of the molecule is C.C.Cc1ccc(CCc2ccc(-c3ccc(N)c(F)c3)cc2)cc1.Cc1ccc(CCc2ccc(-c3ccc(N=C=S)c(F)c3)cc2)cc1.Cc1ccc(CCc2ccc(B(O)O)cc2)cc1.Cc1ccc(CCc2ccc(Br)cc2)cc1.Cc1ccc(I)cc1F.Cl.I.II.I[I-]I. The summed E-state index contributed by atoms with van der Waals surface area (Å²) in [6.45, 7) is 10.2. The van der Waals surface area contributed by atoms with Crippen molar-refractivity contribution in [1.29, 1.82) is 0 Å². The number of aryl methyl sites for hydroxylation is 13. The molecule has 100 heavy (non-hydrogen) atoms. The molecule has 4 nitrogen and oxygen atoms in total. The summed E-state index contributed by atoms with van der Waals surface area (Å²) in [7, 11) is -1.38. The van der Waals surface area contributed by atoms with Crippen molar-refractivity contribution in [2.24, 2.45) is 4.99 Å². The topological polar surface area (TPSA) is 78.8 Å². The van der Waals surface area contributed by atoms with Gasteiger partial charge < -0.3 is 15.8 Å². The predicted octanol–water partition coefficient (Wildman–Crippen LogP) is 23.1. The van der Waals surface area contributed by atoms with E-state index in [-0.39, 0.29) is 74.2 Å². The molecule has 0 radical (unpaired) electrons. The number of hydrogen-bond donors (Lipinski definition) is 3. The van der Waals surface area contributed by atoms with Gasteiger partial charge in [0.05, 0.1) is 10.8 Å². The molecule has 0 aromatic heterocycles. The van der Waals surface area contributed by atoms with Crippen LogP contribution in [0.5, 0.6) is 0 Å². The van der Waals surface area contributed by atoms with Crippen LogP contribution in [0, 0.1) is 55.6 Å². The molecule has 530 valence electrons. The normalized spacial score (nSPS) is 9.72. The van der Waals surface area contributed by atoms with Gasteiger partial charge in [-0.25, -0.2) is 13.2 Å². The van der Waals surface area contributed by atoms with E-state index in [2.05, 4.69) is 309 Å². The molecule has 0 aliphatic carbocycles. The Balaban J connectivity index is 0.000000624. The average molecular weight is 2240 g/mol. The van der Waals surface area contributed by atoms with E-state index in [1.54, 1.807) is 37.3 Å². The van der Waals surface area contributed by atoms with Crippen LogP contribution in [-0.2, 0) is 51.4 Å². The van der Waals surface area contributed by atoms with Crippen LogP contribution in [0.1, 0.15) is 87.2 Å². The molecule has 18 heteroatoms. The van der Waals surface area contributed by atoms with Crippen molar-refractivity contribution in [1.82, 2.24) is 0 Å². The van der Waals surface area contributed by atoms with Crippen LogP contribution in [0.15, 0.2) is 258 Å². The number of nitrogen functional groups attached to an aromatic ring is 1. The van der Waals surface area contributed by atoms with Gasteiger partial charge in [-0.3, -0.25) is 0 Å². The van der Waals surface area contributed by atoms with Gasteiger partial charge in [-0.15, -0.1) is 36.4 Å². The Kier molecular flexibility index (Phi) is 50.6. The molecule has 0 amide bonds. The molecular weight excluding hydrogens is 2150 g/mol. The second-order valence-corrected chi connectivity index (χ2v) is 41.2. The van der Waals surface area contributed by atoms with Gasteiger partial charge in [-0.05, 0) is 247 Å². The molecule has 0 aliphatic rings. The van der Waals surface area contributed by atoms with Crippen LogP contribution in [-0.4, -0.2) is 22.3 Å². The Labute approximate surface area is 697 Å². The standard InChI is InChI=1S/C22H18FNS.C21H20FN.C15H17BO2.C15H15Br.C7H6FI.2CH4.ClH.I3.I2.HI/c1-16-2-4-17(5-3-16)6-7-18-8-10-19(11-9-18)20-12-13-22(24-15-25)21(23)14-20;1-15-2-4-16(5-3-15)6-7-17-8-10-18(11-9-17)19-12-13-21(23)20(22)14-19;1-12-2-4-13(5-3-12)6-7-14-8-10-15(11-9-14)16(17)18;1-12-2-4-13(5-3-12)6-7-14-8-10-15(16)11-9-14;1-5-2-3-6(9)4-7(5)8;;;;1-3-2;1-2;/h2-5,8-14H,6-7H2,1H3;2-5,8-14H,6-7,23H2,1H3;2-5,8-11,17-18H,6-7H2,1H3;2-5,8-11H,6-7H2,1H3;2-4H,1H3;2*1H4;1H;;;1H/q;;;;;;;;-1;;. The van der Waals surface area contributed by atoms with Crippen LogP contribution < -0.4 is 24.5 Å². The number of anilines is 1. The summed E-state index contributed by atoms with van der Waals surface area (Å²) in [5.41, 5.74) is 26.6. The van der Waals surface area contributed by atoms with Gasteiger partial charge >= 0.3 is 57.6 Å². The number of halogens is 12. The Morgan fingerprint density at radius 1 is 0.430 bits per heavy atom. The zero-order valence-electron chi connectivity index (χ0n) is 54.8. The monoisotopic (exact) mass is 2230 g/mol. The quantitative estimate of drug-likeness (QED) is 0.0296. The molecule has 11 aromatic carbocycles. The van der Waals surface area contributed by atoms with Crippen LogP contribution in [0.4, 0.5) is 24.5 Å². The van der Waals surface area contributed by atoms with E-state index >= 15 is 0 Å². The van der Waals surface area contributed by atoms with Crippen LogP contribution in [0.25, 0.3) is 22.3 Å². The fourth-order valence-corrected chi connectivity index (χ4v) is 10.3. The summed E-state index contributed by atoms with van der Waals surface area (Å²) in [4.78, 5) is 3.70. The fourth-order valence-electron chi connectivity index (χ4n) is 9.51. The number of isothiocyanates is 1. The Bertz CT molecular complexity index is 4060. The first kappa shape index (κ1) is 94.7. The molecule has 0 saturated carbocycles. The fraction of sp³-hybridized carbons (Fsp3) is 0.183. The zero-order chi connectivity index (χ0) is 69.8. The van der Waals surface area contributed by atoms with E-state index in [4.69, 9.17) is 15.8 Å². The Morgan fingerprint density at radius 3 is 0.990 bits per heavy atom. The summed E-state index contributed by atoms with van der Waals surface area (Å²) in [5, 5.41) is 20.2. The third kappa shape index (κ3) is 36.6.